The Labute approximate surface area is 126 Å². The number of nitrogens with zero attached hydrogens (tertiary/aromatic N) is 2. The van der Waals surface area contributed by atoms with Gasteiger partial charge in [0.2, 0.25) is 0 Å². The zero-order chi connectivity index (χ0) is 15.3. The van der Waals surface area contributed by atoms with E-state index in [0.717, 1.165) is 25.1 Å². The maximum Gasteiger partial charge on any atom is 0.279 e. The fourth-order valence-electron chi connectivity index (χ4n) is 2.46. The van der Waals surface area contributed by atoms with E-state index in [9.17, 15) is 8.42 Å². The van der Waals surface area contributed by atoms with E-state index in [1.54, 1.807) is 10.5 Å². The van der Waals surface area contributed by atoms with E-state index in [4.69, 9.17) is 0 Å². The van der Waals surface area contributed by atoms with E-state index >= 15 is 0 Å². The van der Waals surface area contributed by atoms with Gasteiger partial charge in [-0.3, -0.25) is 0 Å². The molecule has 2 heterocycles. The minimum Gasteiger partial charge on any atom is -0.347 e. The smallest absolute Gasteiger partial charge is 0.279 e. The third kappa shape index (κ3) is 5.06. The van der Waals surface area contributed by atoms with Crippen LogP contribution in [0.4, 0.5) is 0 Å². The molecule has 1 unspecified atom stereocenters. The third-order valence-electron chi connectivity index (χ3n) is 3.64. The Kier molecular flexibility index (Phi) is 5.74. The van der Waals surface area contributed by atoms with Crippen molar-refractivity contribution in [1.82, 2.24) is 24.3 Å². The van der Waals surface area contributed by atoms with Gasteiger partial charge in [-0.15, -0.1) is 0 Å². The number of H-pyrrole nitrogens is 1. The molecule has 1 fully saturated rings. The molecule has 1 saturated heterocycles. The molecule has 0 saturated carbocycles. The zero-order valence-electron chi connectivity index (χ0n) is 12.7. The summed E-state index contributed by atoms with van der Waals surface area (Å²) in [5, 5.41) is 3.39. The lowest BCUT2D eigenvalue weighted by atomic mass is 9.99. The van der Waals surface area contributed by atoms with Crippen molar-refractivity contribution in [1.29, 1.82) is 0 Å². The number of rotatable bonds is 7. The first-order chi connectivity index (χ1) is 9.97. The number of aromatic nitrogens is 2. The SMILES string of the molecule is CC(C)NCC1CCCN(S(=O)(=O)NCc2cnc[nH]2)C1. The van der Waals surface area contributed by atoms with Crippen molar-refractivity contribution in [3.8, 4) is 0 Å². The van der Waals surface area contributed by atoms with Crippen LogP contribution in [0.15, 0.2) is 12.5 Å². The highest BCUT2D eigenvalue weighted by molar-refractivity contribution is 7.87. The number of nitrogens with one attached hydrogen (secondary N) is 3. The lowest BCUT2D eigenvalue weighted by Crippen LogP contribution is -2.47. The molecule has 1 aliphatic rings. The summed E-state index contributed by atoms with van der Waals surface area (Å²) in [5.41, 5.74) is 0.758. The fourth-order valence-corrected chi connectivity index (χ4v) is 3.75. The first-order valence-corrected chi connectivity index (χ1v) is 8.87. The maximum atomic E-state index is 12.3. The zero-order valence-corrected chi connectivity index (χ0v) is 13.5. The minimum atomic E-state index is -3.42. The second kappa shape index (κ2) is 7.35. The largest absolute Gasteiger partial charge is 0.347 e. The molecule has 1 aromatic rings. The molecule has 0 radical (unpaired) electrons. The van der Waals surface area contributed by atoms with Gasteiger partial charge >= 0.3 is 0 Å². The average Bonchev–Trinajstić information content (AvgIpc) is 2.97. The molecule has 0 amide bonds. The van der Waals surface area contributed by atoms with E-state index in [-0.39, 0.29) is 6.54 Å². The van der Waals surface area contributed by atoms with Crippen molar-refractivity contribution in [2.24, 2.45) is 5.92 Å². The van der Waals surface area contributed by atoms with Crippen LogP contribution in [0.1, 0.15) is 32.4 Å². The normalized spacial score (nSPS) is 21.0. The lowest BCUT2D eigenvalue weighted by Gasteiger charge is -2.32. The van der Waals surface area contributed by atoms with Crippen LogP contribution in [0.25, 0.3) is 0 Å². The summed E-state index contributed by atoms with van der Waals surface area (Å²) in [7, 11) is -3.42. The van der Waals surface area contributed by atoms with Crippen LogP contribution in [-0.4, -0.2) is 48.4 Å². The Bertz CT molecular complexity index is 515. The Morgan fingerprint density at radius 3 is 3.00 bits per heavy atom. The van der Waals surface area contributed by atoms with Gasteiger partial charge in [0, 0.05) is 31.0 Å². The molecule has 0 spiro atoms. The third-order valence-corrected chi connectivity index (χ3v) is 5.16. The average molecular weight is 315 g/mol. The number of hydrogen-bond acceptors (Lipinski definition) is 4. The first kappa shape index (κ1) is 16.4. The van der Waals surface area contributed by atoms with Gasteiger partial charge in [-0.25, -0.2) is 4.98 Å². The summed E-state index contributed by atoms with van der Waals surface area (Å²) in [5.74, 6) is 0.380. The maximum absolute atomic E-state index is 12.3. The molecular formula is C13H25N5O2S. The van der Waals surface area contributed by atoms with E-state index < -0.39 is 10.2 Å². The van der Waals surface area contributed by atoms with Crippen molar-refractivity contribution in [2.45, 2.75) is 39.3 Å². The van der Waals surface area contributed by atoms with Crippen LogP contribution in [-0.2, 0) is 16.8 Å². The molecule has 0 aromatic carbocycles. The van der Waals surface area contributed by atoms with Gasteiger partial charge < -0.3 is 10.3 Å². The molecule has 0 aliphatic carbocycles. The number of piperidine rings is 1. The summed E-state index contributed by atoms with van der Waals surface area (Å²) < 4.78 is 28.8. The van der Waals surface area contributed by atoms with Crippen LogP contribution in [0.5, 0.6) is 0 Å². The van der Waals surface area contributed by atoms with E-state index in [1.165, 1.54) is 6.33 Å². The molecule has 3 N–H and O–H groups in total. The Hall–Kier alpha value is -0.960. The van der Waals surface area contributed by atoms with Crippen molar-refractivity contribution in [3.63, 3.8) is 0 Å². The predicted molar refractivity (Wildman–Crippen MR) is 81.8 cm³/mol. The Morgan fingerprint density at radius 1 is 1.52 bits per heavy atom. The van der Waals surface area contributed by atoms with Crippen LogP contribution in [0.2, 0.25) is 0 Å². The highest BCUT2D eigenvalue weighted by atomic mass is 32.2. The highest BCUT2D eigenvalue weighted by Gasteiger charge is 2.28. The van der Waals surface area contributed by atoms with Crippen LogP contribution in [0, 0.1) is 5.92 Å². The van der Waals surface area contributed by atoms with E-state index in [1.807, 2.05) is 0 Å². The second-order valence-electron chi connectivity index (χ2n) is 5.83. The first-order valence-electron chi connectivity index (χ1n) is 7.43. The van der Waals surface area contributed by atoms with Crippen LogP contribution < -0.4 is 10.0 Å². The summed E-state index contributed by atoms with van der Waals surface area (Å²) in [6.07, 6.45) is 5.15. The predicted octanol–water partition coefficient (Wildman–Crippen LogP) is 0.454. The molecule has 8 heteroatoms. The Balaban J connectivity index is 1.86. The summed E-state index contributed by atoms with van der Waals surface area (Å²) >= 11 is 0. The van der Waals surface area contributed by atoms with Crippen molar-refractivity contribution < 1.29 is 8.42 Å². The van der Waals surface area contributed by atoms with E-state index in [2.05, 4.69) is 33.9 Å². The molecule has 1 atom stereocenters. The quantitative estimate of drug-likeness (QED) is 0.681. The van der Waals surface area contributed by atoms with E-state index in [0.29, 0.717) is 25.0 Å². The topological polar surface area (TPSA) is 90.1 Å². The molecular weight excluding hydrogens is 290 g/mol. The molecule has 1 aliphatic heterocycles. The van der Waals surface area contributed by atoms with Crippen molar-refractivity contribution >= 4 is 10.2 Å². The second-order valence-corrected chi connectivity index (χ2v) is 7.59. The van der Waals surface area contributed by atoms with Crippen LogP contribution >= 0.6 is 0 Å². The van der Waals surface area contributed by atoms with Gasteiger partial charge in [0.05, 0.1) is 12.9 Å². The monoisotopic (exact) mass is 315 g/mol. The molecule has 2 rings (SSSR count). The standard InChI is InChI=1S/C13H25N5O2S/c1-11(2)15-6-12-4-3-5-18(9-12)21(19,20)17-8-13-7-14-10-16-13/h7,10-12,15,17H,3-6,8-9H2,1-2H3,(H,14,16). The van der Waals surface area contributed by atoms with Crippen molar-refractivity contribution in [2.75, 3.05) is 19.6 Å². The fraction of sp³-hybridized carbons (Fsp3) is 0.769. The molecule has 0 bridgehead atoms. The van der Waals surface area contributed by atoms with Gasteiger partial charge in [0.25, 0.3) is 10.2 Å². The lowest BCUT2D eigenvalue weighted by molar-refractivity contribution is 0.254. The summed E-state index contributed by atoms with van der Waals surface area (Å²) in [4.78, 5) is 6.76. The van der Waals surface area contributed by atoms with Gasteiger partial charge in [0.1, 0.15) is 0 Å². The van der Waals surface area contributed by atoms with Gasteiger partial charge in [-0.05, 0) is 25.3 Å². The van der Waals surface area contributed by atoms with Gasteiger partial charge in [0.15, 0.2) is 0 Å². The van der Waals surface area contributed by atoms with Gasteiger partial charge in [-0.2, -0.15) is 17.4 Å². The molecule has 7 nitrogen and oxygen atoms in total. The summed E-state index contributed by atoms with van der Waals surface area (Å²) in [6, 6.07) is 0.426. The molecule has 1 aromatic heterocycles. The number of hydrogen-bond donors (Lipinski definition) is 3. The summed E-state index contributed by atoms with van der Waals surface area (Å²) in [6.45, 7) is 6.49. The number of imidazole rings is 1. The van der Waals surface area contributed by atoms with Crippen molar-refractivity contribution in [3.05, 3.63) is 18.2 Å². The number of aromatic amines is 1. The molecule has 21 heavy (non-hydrogen) atoms. The molecule has 120 valence electrons. The highest BCUT2D eigenvalue weighted by Crippen LogP contribution is 2.18. The van der Waals surface area contributed by atoms with Crippen LogP contribution in [0.3, 0.4) is 0 Å². The minimum absolute atomic E-state index is 0.244. The van der Waals surface area contributed by atoms with Gasteiger partial charge in [-0.1, -0.05) is 13.8 Å². The Morgan fingerprint density at radius 2 is 2.33 bits per heavy atom.